The maximum Gasteiger partial charge on any atom is 0.573 e. The molecular weight excluding hydrogens is 405 g/mol. The fourth-order valence-corrected chi connectivity index (χ4v) is 3.39. The summed E-state index contributed by atoms with van der Waals surface area (Å²) in [4.78, 5) is 12.2. The van der Waals surface area contributed by atoms with Gasteiger partial charge in [0.1, 0.15) is 11.6 Å². The number of nitrogens with zero attached hydrogens (tertiary/aromatic N) is 3. The van der Waals surface area contributed by atoms with Crippen molar-refractivity contribution in [1.82, 2.24) is 14.8 Å². The first-order valence-corrected chi connectivity index (χ1v) is 9.48. The first-order valence-electron chi connectivity index (χ1n) is 8.49. The molecule has 6 nitrogen and oxygen atoms in total. The van der Waals surface area contributed by atoms with E-state index < -0.39 is 6.36 Å². The second-order valence-electron chi connectivity index (χ2n) is 6.06. The van der Waals surface area contributed by atoms with Gasteiger partial charge in [0.25, 0.3) is 0 Å². The maximum absolute atomic E-state index is 12.2. The molecule has 1 heterocycles. The van der Waals surface area contributed by atoms with Crippen LogP contribution in [-0.2, 0) is 4.79 Å². The molecule has 1 aromatic heterocycles. The maximum atomic E-state index is 12.2. The molecule has 0 aliphatic rings. The zero-order valence-electron chi connectivity index (χ0n) is 15.5. The highest BCUT2D eigenvalue weighted by molar-refractivity contribution is 7.99. The van der Waals surface area contributed by atoms with Gasteiger partial charge >= 0.3 is 6.36 Å². The predicted octanol–water partition coefficient (Wildman–Crippen LogP) is 4.51. The summed E-state index contributed by atoms with van der Waals surface area (Å²) in [5.74, 6) is 0.0794. The van der Waals surface area contributed by atoms with Crippen molar-refractivity contribution in [2.75, 3.05) is 11.1 Å². The van der Waals surface area contributed by atoms with Gasteiger partial charge in [0.05, 0.1) is 11.4 Å². The molecule has 0 fully saturated rings. The standard InChI is InChI=1S/C19H17F3N4O2S/c1-12-5-3-4-6-16(12)26-13(2)24-25-18(26)29-11-17(27)23-14-7-9-15(10-8-14)28-19(20,21)22/h3-10H,11H2,1-2H3,(H,23,27). The van der Waals surface area contributed by atoms with Gasteiger partial charge in [0.15, 0.2) is 5.16 Å². The number of hydrogen-bond donors (Lipinski definition) is 1. The predicted molar refractivity (Wildman–Crippen MR) is 103 cm³/mol. The lowest BCUT2D eigenvalue weighted by Gasteiger charge is -2.11. The summed E-state index contributed by atoms with van der Waals surface area (Å²) >= 11 is 1.21. The molecule has 0 atom stereocenters. The van der Waals surface area contributed by atoms with Crippen LogP contribution in [0.25, 0.3) is 5.69 Å². The van der Waals surface area contributed by atoms with Crippen molar-refractivity contribution < 1.29 is 22.7 Å². The number of aryl methyl sites for hydroxylation is 2. The van der Waals surface area contributed by atoms with Crippen molar-refractivity contribution in [3.63, 3.8) is 0 Å². The van der Waals surface area contributed by atoms with Gasteiger partial charge < -0.3 is 10.1 Å². The van der Waals surface area contributed by atoms with Crippen LogP contribution in [-0.4, -0.2) is 32.8 Å². The number of carbonyl (C=O) groups excluding carboxylic acids is 1. The molecule has 152 valence electrons. The number of halogens is 3. The van der Waals surface area contributed by atoms with Gasteiger partial charge in [-0.3, -0.25) is 9.36 Å². The molecular formula is C19H17F3N4O2S. The number of carbonyl (C=O) groups is 1. The van der Waals surface area contributed by atoms with E-state index in [1.165, 1.54) is 23.9 Å². The Morgan fingerprint density at radius 1 is 1.10 bits per heavy atom. The summed E-state index contributed by atoms with van der Waals surface area (Å²) in [5, 5.41) is 11.4. The molecule has 0 radical (unpaired) electrons. The Balaban J connectivity index is 1.63. The van der Waals surface area contributed by atoms with Gasteiger partial charge in [-0.15, -0.1) is 23.4 Å². The molecule has 0 aliphatic carbocycles. The van der Waals surface area contributed by atoms with Crippen molar-refractivity contribution in [2.45, 2.75) is 25.4 Å². The first kappa shape index (κ1) is 20.7. The monoisotopic (exact) mass is 422 g/mol. The number of aromatic nitrogens is 3. The van der Waals surface area contributed by atoms with Crippen molar-refractivity contribution in [3.05, 3.63) is 59.9 Å². The Labute approximate surface area is 169 Å². The van der Waals surface area contributed by atoms with Crippen molar-refractivity contribution in [2.24, 2.45) is 0 Å². The van der Waals surface area contributed by atoms with E-state index in [0.29, 0.717) is 16.7 Å². The fourth-order valence-electron chi connectivity index (χ4n) is 2.60. The summed E-state index contributed by atoms with van der Waals surface area (Å²) in [6.45, 7) is 3.80. The second kappa shape index (κ2) is 8.56. The van der Waals surface area contributed by atoms with Gasteiger partial charge in [-0.05, 0) is 49.7 Å². The number of ether oxygens (including phenoxy) is 1. The number of rotatable bonds is 6. The summed E-state index contributed by atoms with van der Waals surface area (Å²) in [7, 11) is 0. The number of alkyl halides is 3. The highest BCUT2D eigenvalue weighted by Crippen LogP contribution is 2.25. The largest absolute Gasteiger partial charge is 0.573 e. The first-order chi connectivity index (χ1) is 13.7. The molecule has 10 heteroatoms. The molecule has 0 aliphatic heterocycles. The minimum atomic E-state index is -4.76. The third-order valence-corrected chi connectivity index (χ3v) is 4.78. The van der Waals surface area contributed by atoms with E-state index in [0.717, 1.165) is 23.4 Å². The Morgan fingerprint density at radius 2 is 1.79 bits per heavy atom. The molecule has 3 aromatic rings. The number of nitrogens with one attached hydrogen (secondary N) is 1. The van der Waals surface area contributed by atoms with E-state index >= 15 is 0 Å². The third kappa shape index (κ3) is 5.50. The number of amides is 1. The Kier molecular flexibility index (Phi) is 6.12. The second-order valence-corrected chi connectivity index (χ2v) is 7.00. The lowest BCUT2D eigenvalue weighted by atomic mass is 10.2. The summed E-state index contributed by atoms with van der Waals surface area (Å²) in [5.41, 5.74) is 2.34. The van der Waals surface area contributed by atoms with Crippen LogP contribution < -0.4 is 10.1 Å². The lowest BCUT2D eigenvalue weighted by Crippen LogP contribution is -2.17. The Morgan fingerprint density at radius 3 is 2.45 bits per heavy atom. The Bertz CT molecular complexity index is 1000. The number of hydrogen-bond acceptors (Lipinski definition) is 5. The van der Waals surface area contributed by atoms with E-state index in [-0.39, 0.29) is 17.4 Å². The SMILES string of the molecule is Cc1ccccc1-n1c(C)nnc1SCC(=O)Nc1ccc(OC(F)(F)F)cc1. The zero-order chi connectivity index (χ0) is 21.0. The van der Waals surface area contributed by atoms with Crippen LogP contribution in [0.15, 0.2) is 53.7 Å². The van der Waals surface area contributed by atoms with Gasteiger partial charge in [-0.25, -0.2) is 0 Å². The number of para-hydroxylation sites is 1. The van der Waals surface area contributed by atoms with Gasteiger partial charge in [-0.2, -0.15) is 0 Å². The average Bonchev–Trinajstić information content (AvgIpc) is 3.01. The molecule has 1 N–H and O–H groups in total. The van der Waals surface area contributed by atoms with Gasteiger partial charge in [-0.1, -0.05) is 30.0 Å². The summed E-state index contributed by atoms with van der Waals surface area (Å²) in [6.07, 6.45) is -4.76. The number of benzene rings is 2. The topological polar surface area (TPSA) is 69.0 Å². The highest BCUT2D eigenvalue weighted by Gasteiger charge is 2.31. The highest BCUT2D eigenvalue weighted by atomic mass is 32.2. The van der Waals surface area contributed by atoms with E-state index in [4.69, 9.17) is 0 Å². The van der Waals surface area contributed by atoms with E-state index in [1.54, 1.807) is 0 Å². The van der Waals surface area contributed by atoms with Gasteiger partial charge in [0.2, 0.25) is 5.91 Å². The molecule has 0 saturated carbocycles. The van der Waals surface area contributed by atoms with E-state index in [9.17, 15) is 18.0 Å². The molecule has 3 rings (SSSR count). The molecule has 2 aromatic carbocycles. The summed E-state index contributed by atoms with van der Waals surface area (Å²) < 4.78 is 42.2. The van der Waals surface area contributed by atoms with Crippen LogP contribution in [0.2, 0.25) is 0 Å². The van der Waals surface area contributed by atoms with E-state index in [1.807, 2.05) is 42.7 Å². The molecule has 0 spiro atoms. The minimum absolute atomic E-state index is 0.0603. The molecule has 1 amide bonds. The smallest absolute Gasteiger partial charge is 0.406 e. The van der Waals surface area contributed by atoms with Crippen molar-refractivity contribution in [1.29, 1.82) is 0 Å². The van der Waals surface area contributed by atoms with Crippen LogP contribution in [0.4, 0.5) is 18.9 Å². The average molecular weight is 422 g/mol. The van der Waals surface area contributed by atoms with Crippen LogP contribution >= 0.6 is 11.8 Å². The van der Waals surface area contributed by atoms with Crippen LogP contribution in [0.3, 0.4) is 0 Å². The van der Waals surface area contributed by atoms with Crippen LogP contribution in [0.1, 0.15) is 11.4 Å². The lowest BCUT2D eigenvalue weighted by molar-refractivity contribution is -0.274. The van der Waals surface area contributed by atoms with Crippen LogP contribution in [0.5, 0.6) is 5.75 Å². The molecule has 0 unspecified atom stereocenters. The minimum Gasteiger partial charge on any atom is -0.406 e. The fraction of sp³-hybridized carbons (Fsp3) is 0.211. The number of anilines is 1. The normalized spacial score (nSPS) is 11.3. The number of thioether (sulfide) groups is 1. The Hall–Kier alpha value is -3.01. The third-order valence-electron chi connectivity index (χ3n) is 3.86. The van der Waals surface area contributed by atoms with Crippen molar-refractivity contribution >= 4 is 23.4 Å². The van der Waals surface area contributed by atoms with Crippen LogP contribution in [0, 0.1) is 13.8 Å². The van der Waals surface area contributed by atoms with Crippen molar-refractivity contribution in [3.8, 4) is 11.4 Å². The quantitative estimate of drug-likeness (QED) is 0.592. The zero-order valence-corrected chi connectivity index (χ0v) is 16.3. The van der Waals surface area contributed by atoms with Gasteiger partial charge in [0, 0.05) is 5.69 Å². The summed E-state index contributed by atoms with van der Waals surface area (Å²) in [6, 6.07) is 12.7. The molecule has 0 bridgehead atoms. The molecule has 0 saturated heterocycles. The van der Waals surface area contributed by atoms with E-state index in [2.05, 4.69) is 20.3 Å². The molecule has 29 heavy (non-hydrogen) atoms.